The van der Waals surface area contributed by atoms with Crippen LogP contribution in [0.25, 0.3) is 10.9 Å². The lowest BCUT2D eigenvalue weighted by atomic mass is 10.1. The zero-order chi connectivity index (χ0) is 11.0. The zero-order valence-electron chi connectivity index (χ0n) is 9.29. The highest BCUT2D eigenvalue weighted by atomic mass is 16.5. The summed E-state index contributed by atoms with van der Waals surface area (Å²) in [7, 11) is 0. The van der Waals surface area contributed by atoms with Crippen molar-refractivity contribution in [3.05, 3.63) is 23.9 Å². The number of aromatic nitrogens is 2. The van der Waals surface area contributed by atoms with Crippen LogP contribution in [-0.4, -0.2) is 22.8 Å². The Bertz CT molecular complexity index is 506. The smallest absolute Gasteiger partial charge is 0.125 e. The van der Waals surface area contributed by atoms with Gasteiger partial charge < -0.3 is 10.1 Å². The highest BCUT2D eigenvalue weighted by molar-refractivity contribution is 5.80. The van der Waals surface area contributed by atoms with Gasteiger partial charge in [0.25, 0.3) is 0 Å². The molecule has 0 radical (unpaired) electrons. The van der Waals surface area contributed by atoms with Crippen molar-refractivity contribution in [1.82, 2.24) is 15.5 Å². The van der Waals surface area contributed by atoms with E-state index in [1.54, 1.807) is 0 Å². The van der Waals surface area contributed by atoms with E-state index in [0.29, 0.717) is 0 Å². The molecular formula is C12H15N3O. The van der Waals surface area contributed by atoms with Crippen LogP contribution in [0.4, 0.5) is 0 Å². The summed E-state index contributed by atoms with van der Waals surface area (Å²) in [5.74, 6) is 0.991. The summed E-state index contributed by atoms with van der Waals surface area (Å²) < 4.78 is 5.98. The standard InChI is InChI=1S/C12H15N3O/c1-2-10-7-13-5-9-3-11-8(6-14-15-11)4-12(9)16-10/h3-4,6,10,13H,2,5,7H2,1H3,(H,14,15)/t10-/m1/s1. The van der Waals surface area contributed by atoms with Crippen LogP contribution in [0.5, 0.6) is 5.75 Å². The molecule has 0 saturated carbocycles. The van der Waals surface area contributed by atoms with Gasteiger partial charge >= 0.3 is 0 Å². The number of rotatable bonds is 1. The third-order valence-corrected chi connectivity index (χ3v) is 3.06. The van der Waals surface area contributed by atoms with Gasteiger partial charge in [-0.1, -0.05) is 6.92 Å². The van der Waals surface area contributed by atoms with Crippen molar-refractivity contribution in [2.24, 2.45) is 0 Å². The van der Waals surface area contributed by atoms with Crippen LogP contribution in [0.3, 0.4) is 0 Å². The number of hydrogen-bond donors (Lipinski definition) is 2. The predicted octanol–water partition coefficient (Wildman–Crippen LogP) is 1.82. The molecule has 2 aromatic rings. The maximum atomic E-state index is 5.98. The monoisotopic (exact) mass is 217 g/mol. The Kier molecular flexibility index (Phi) is 2.29. The average molecular weight is 217 g/mol. The maximum absolute atomic E-state index is 5.98. The van der Waals surface area contributed by atoms with Gasteiger partial charge in [0.2, 0.25) is 0 Å². The van der Waals surface area contributed by atoms with Gasteiger partial charge in [0.05, 0.1) is 11.7 Å². The molecule has 2 heterocycles. The molecule has 84 valence electrons. The van der Waals surface area contributed by atoms with Gasteiger partial charge in [-0.15, -0.1) is 0 Å². The van der Waals surface area contributed by atoms with Gasteiger partial charge in [0, 0.05) is 24.0 Å². The van der Waals surface area contributed by atoms with E-state index in [9.17, 15) is 0 Å². The Hall–Kier alpha value is -1.55. The Morgan fingerprint density at radius 1 is 1.50 bits per heavy atom. The fourth-order valence-corrected chi connectivity index (χ4v) is 2.08. The lowest BCUT2D eigenvalue weighted by molar-refractivity contribution is 0.202. The van der Waals surface area contributed by atoms with Gasteiger partial charge in [0.15, 0.2) is 0 Å². The molecule has 0 aliphatic carbocycles. The highest BCUT2D eigenvalue weighted by Crippen LogP contribution is 2.27. The molecule has 0 fully saturated rings. The van der Waals surface area contributed by atoms with E-state index in [4.69, 9.17) is 4.74 Å². The van der Waals surface area contributed by atoms with Crippen molar-refractivity contribution >= 4 is 10.9 Å². The summed E-state index contributed by atoms with van der Waals surface area (Å²) in [6.45, 7) is 3.92. The van der Waals surface area contributed by atoms with Crippen molar-refractivity contribution in [3.63, 3.8) is 0 Å². The fourth-order valence-electron chi connectivity index (χ4n) is 2.08. The van der Waals surface area contributed by atoms with Gasteiger partial charge in [0.1, 0.15) is 11.9 Å². The third kappa shape index (κ3) is 1.55. The molecule has 1 aromatic carbocycles. The lowest BCUT2D eigenvalue weighted by Gasteiger charge is -2.14. The number of ether oxygens (including phenoxy) is 1. The summed E-state index contributed by atoms with van der Waals surface area (Å²) in [5.41, 5.74) is 2.27. The molecule has 0 amide bonds. The Balaban J connectivity index is 2.07. The Morgan fingerprint density at radius 2 is 2.44 bits per heavy atom. The number of fused-ring (bicyclic) bond motifs is 2. The number of nitrogens with zero attached hydrogens (tertiary/aromatic N) is 1. The molecule has 4 heteroatoms. The van der Waals surface area contributed by atoms with Crippen molar-refractivity contribution < 1.29 is 4.74 Å². The summed E-state index contributed by atoms with van der Waals surface area (Å²) >= 11 is 0. The van der Waals surface area contributed by atoms with Crippen LogP contribution in [0, 0.1) is 0 Å². The largest absolute Gasteiger partial charge is 0.489 e. The van der Waals surface area contributed by atoms with Crippen molar-refractivity contribution in [1.29, 1.82) is 0 Å². The van der Waals surface area contributed by atoms with E-state index in [2.05, 4.69) is 34.6 Å². The predicted molar refractivity (Wildman–Crippen MR) is 62.5 cm³/mol. The highest BCUT2D eigenvalue weighted by Gasteiger charge is 2.16. The van der Waals surface area contributed by atoms with Crippen LogP contribution in [0.2, 0.25) is 0 Å². The van der Waals surface area contributed by atoms with Gasteiger partial charge in [-0.05, 0) is 18.6 Å². The van der Waals surface area contributed by atoms with Crippen LogP contribution >= 0.6 is 0 Å². The van der Waals surface area contributed by atoms with Gasteiger partial charge in [-0.2, -0.15) is 5.10 Å². The van der Waals surface area contributed by atoms with Crippen LogP contribution in [-0.2, 0) is 6.54 Å². The molecule has 0 bridgehead atoms. The molecule has 4 nitrogen and oxygen atoms in total. The second kappa shape index (κ2) is 3.79. The van der Waals surface area contributed by atoms with E-state index < -0.39 is 0 Å². The topological polar surface area (TPSA) is 49.9 Å². The molecule has 16 heavy (non-hydrogen) atoms. The Morgan fingerprint density at radius 3 is 3.31 bits per heavy atom. The first-order valence-electron chi connectivity index (χ1n) is 5.70. The van der Waals surface area contributed by atoms with E-state index in [0.717, 1.165) is 36.2 Å². The maximum Gasteiger partial charge on any atom is 0.125 e. The van der Waals surface area contributed by atoms with Crippen LogP contribution in [0.15, 0.2) is 18.3 Å². The van der Waals surface area contributed by atoms with Crippen molar-refractivity contribution in [2.75, 3.05) is 6.54 Å². The molecule has 1 aromatic heterocycles. The summed E-state index contributed by atoms with van der Waals surface area (Å²) in [5, 5.41) is 11.5. The molecule has 2 N–H and O–H groups in total. The number of benzene rings is 1. The molecule has 3 rings (SSSR count). The molecule has 0 unspecified atom stereocenters. The first-order chi connectivity index (χ1) is 7.86. The fraction of sp³-hybridized carbons (Fsp3) is 0.417. The molecule has 0 spiro atoms. The summed E-state index contributed by atoms with van der Waals surface area (Å²) in [6, 6.07) is 4.19. The molecule has 1 atom stereocenters. The minimum absolute atomic E-state index is 0.269. The zero-order valence-corrected chi connectivity index (χ0v) is 9.29. The molecule has 1 aliphatic rings. The lowest BCUT2D eigenvalue weighted by Crippen LogP contribution is -2.27. The van der Waals surface area contributed by atoms with E-state index >= 15 is 0 Å². The summed E-state index contributed by atoms with van der Waals surface area (Å²) in [6.07, 6.45) is 3.12. The first kappa shape index (κ1) is 9.66. The van der Waals surface area contributed by atoms with Gasteiger partial charge in [-0.3, -0.25) is 5.10 Å². The second-order valence-electron chi connectivity index (χ2n) is 4.20. The van der Waals surface area contributed by atoms with Crippen molar-refractivity contribution in [3.8, 4) is 5.75 Å². The van der Waals surface area contributed by atoms with Crippen molar-refractivity contribution in [2.45, 2.75) is 26.0 Å². The molecule has 1 aliphatic heterocycles. The molecular weight excluding hydrogens is 202 g/mol. The number of aromatic amines is 1. The third-order valence-electron chi connectivity index (χ3n) is 3.06. The Labute approximate surface area is 94.0 Å². The van der Waals surface area contributed by atoms with Crippen LogP contribution < -0.4 is 10.1 Å². The minimum Gasteiger partial charge on any atom is -0.489 e. The summed E-state index contributed by atoms with van der Waals surface area (Å²) in [4.78, 5) is 0. The normalized spacial score (nSPS) is 20.2. The van der Waals surface area contributed by atoms with E-state index in [1.807, 2.05) is 6.20 Å². The van der Waals surface area contributed by atoms with E-state index in [1.165, 1.54) is 5.56 Å². The molecule has 0 saturated heterocycles. The van der Waals surface area contributed by atoms with E-state index in [-0.39, 0.29) is 6.10 Å². The van der Waals surface area contributed by atoms with Crippen LogP contribution in [0.1, 0.15) is 18.9 Å². The number of hydrogen-bond acceptors (Lipinski definition) is 3. The quantitative estimate of drug-likeness (QED) is 0.766. The SMILES string of the molecule is CC[C@@H]1CNCc2cc3[nH]ncc3cc2O1. The average Bonchev–Trinajstić information content (AvgIpc) is 2.64. The second-order valence-corrected chi connectivity index (χ2v) is 4.20. The van der Waals surface area contributed by atoms with Gasteiger partial charge in [-0.25, -0.2) is 0 Å². The first-order valence-corrected chi connectivity index (χ1v) is 5.70. The number of H-pyrrole nitrogens is 1. The number of nitrogens with one attached hydrogen (secondary N) is 2. The minimum atomic E-state index is 0.269.